The number of hydrogen-bond donors (Lipinski definition) is 1. The lowest BCUT2D eigenvalue weighted by atomic mass is 10.1. The summed E-state index contributed by atoms with van der Waals surface area (Å²) in [6, 6.07) is 4.79. The summed E-state index contributed by atoms with van der Waals surface area (Å²) in [5, 5.41) is 8.68. The highest BCUT2D eigenvalue weighted by Crippen LogP contribution is 2.18. The van der Waals surface area contributed by atoms with Crippen LogP contribution in [0.4, 0.5) is 0 Å². The molecule has 5 heteroatoms. The van der Waals surface area contributed by atoms with Gasteiger partial charge in [-0.3, -0.25) is 4.79 Å². The summed E-state index contributed by atoms with van der Waals surface area (Å²) in [4.78, 5) is 26.4. The van der Waals surface area contributed by atoms with Gasteiger partial charge in [0.25, 0.3) is 5.78 Å². The molecule has 0 atom stereocenters. The monoisotopic (exact) mass is 246 g/mol. The minimum Gasteiger partial charge on any atom is -0.475 e. The third-order valence-electron chi connectivity index (χ3n) is 2.90. The average molecular weight is 246 g/mol. The van der Waals surface area contributed by atoms with Gasteiger partial charge in [0, 0.05) is 19.0 Å². The standard InChI is InChI=1S/C13H14N2O3/c1-3-4-11-14-9-7-8(12(16)13(17)18)5-6-10(9)15(11)2/h5-7H,3-4H2,1-2H3,(H,17,18). The molecular formula is C13H14N2O3. The van der Waals surface area contributed by atoms with Gasteiger partial charge >= 0.3 is 5.97 Å². The number of nitrogens with zero attached hydrogens (tertiary/aromatic N) is 2. The summed E-state index contributed by atoms with van der Waals surface area (Å²) in [5.74, 6) is -1.41. The molecule has 0 aliphatic rings. The fourth-order valence-corrected chi connectivity index (χ4v) is 1.96. The van der Waals surface area contributed by atoms with Gasteiger partial charge in [0.05, 0.1) is 11.0 Å². The van der Waals surface area contributed by atoms with Gasteiger partial charge in [-0.25, -0.2) is 9.78 Å². The molecule has 0 unspecified atom stereocenters. The van der Waals surface area contributed by atoms with Crippen molar-refractivity contribution in [3.8, 4) is 0 Å². The van der Waals surface area contributed by atoms with Gasteiger partial charge in [0.15, 0.2) is 0 Å². The quantitative estimate of drug-likeness (QED) is 0.659. The number of rotatable bonds is 4. The molecule has 1 N–H and O–H groups in total. The van der Waals surface area contributed by atoms with Crippen LogP contribution < -0.4 is 0 Å². The van der Waals surface area contributed by atoms with E-state index in [-0.39, 0.29) is 5.56 Å². The molecule has 5 nitrogen and oxygen atoms in total. The molecule has 0 aliphatic heterocycles. The maximum Gasteiger partial charge on any atom is 0.377 e. The Balaban J connectivity index is 2.52. The highest BCUT2D eigenvalue weighted by Gasteiger charge is 2.16. The Bertz CT molecular complexity index is 628. The molecule has 0 saturated heterocycles. The van der Waals surface area contributed by atoms with Crippen LogP contribution in [-0.4, -0.2) is 26.4 Å². The zero-order valence-electron chi connectivity index (χ0n) is 10.3. The molecule has 0 bridgehead atoms. The molecule has 94 valence electrons. The van der Waals surface area contributed by atoms with Gasteiger partial charge in [0.2, 0.25) is 0 Å². The predicted octanol–water partition coefficient (Wildman–Crippen LogP) is 1.79. The molecule has 18 heavy (non-hydrogen) atoms. The number of carbonyl (C=O) groups is 2. The number of Topliss-reactive ketones (excluding diaryl/α,β-unsaturated/α-hetero) is 1. The van der Waals surface area contributed by atoms with Crippen LogP contribution in [0, 0.1) is 0 Å². The molecule has 0 fully saturated rings. The zero-order valence-corrected chi connectivity index (χ0v) is 10.3. The number of ketones is 1. The fraction of sp³-hybridized carbons (Fsp3) is 0.308. The first-order valence-electron chi connectivity index (χ1n) is 5.77. The van der Waals surface area contributed by atoms with Gasteiger partial charge in [-0.2, -0.15) is 0 Å². The molecule has 0 radical (unpaired) electrons. The smallest absolute Gasteiger partial charge is 0.377 e. The van der Waals surface area contributed by atoms with Crippen molar-refractivity contribution in [3.05, 3.63) is 29.6 Å². The van der Waals surface area contributed by atoms with Crippen LogP contribution in [-0.2, 0) is 18.3 Å². The largest absolute Gasteiger partial charge is 0.475 e. The molecule has 1 heterocycles. The second-order valence-corrected chi connectivity index (χ2v) is 4.17. The Kier molecular flexibility index (Phi) is 3.14. The van der Waals surface area contributed by atoms with E-state index in [9.17, 15) is 9.59 Å². The van der Waals surface area contributed by atoms with Crippen molar-refractivity contribution in [2.24, 2.45) is 7.05 Å². The Labute approximate surface area is 104 Å². The van der Waals surface area contributed by atoms with E-state index in [4.69, 9.17) is 5.11 Å². The molecule has 2 rings (SSSR count). The normalized spacial score (nSPS) is 10.8. The Morgan fingerprint density at radius 1 is 1.39 bits per heavy atom. The van der Waals surface area contributed by atoms with Crippen molar-refractivity contribution in [2.75, 3.05) is 0 Å². The van der Waals surface area contributed by atoms with E-state index < -0.39 is 11.8 Å². The van der Waals surface area contributed by atoms with Crippen molar-refractivity contribution < 1.29 is 14.7 Å². The van der Waals surface area contributed by atoms with E-state index in [0.29, 0.717) is 5.52 Å². The summed E-state index contributed by atoms with van der Waals surface area (Å²) in [6.45, 7) is 2.07. The van der Waals surface area contributed by atoms with Crippen LogP contribution in [0.2, 0.25) is 0 Å². The lowest BCUT2D eigenvalue weighted by molar-refractivity contribution is -0.131. The van der Waals surface area contributed by atoms with Crippen molar-refractivity contribution in [3.63, 3.8) is 0 Å². The molecule has 2 aromatic rings. The van der Waals surface area contributed by atoms with Crippen LogP contribution in [0.25, 0.3) is 11.0 Å². The highest BCUT2D eigenvalue weighted by atomic mass is 16.4. The Morgan fingerprint density at radius 2 is 2.11 bits per heavy atom. The average Bonchev–Trinajstić information content (AvgIpc) is 2.65. The van der Waals surface area contributed by atoms with Gasteiger partial charge in [-0.05, 0) is 24.6 Å². The first-order chi connectivity index (χ1) is 8.54. The number of hydrogen-bond acceptors (Lipinski definition) is 3. The number of imidazole rings is 1. The Morgan fingerprint density at radius 3 is 2.72 bits per heavy atom. The van der Waals surface area contributed by atoms with E-state index in [1.54, 1.807) is 6.07 Å². The number of benzene rings is 1. The second-order valence-electron chi connectivity index (χ2n) is 4.17. The van der Waals surface area contributed by atoms with E-state index in [1.807, 2.05) is 11.6 Å². The van der Waals surface area contributed by atoms with Crippen LogP contribution in [0.5, 0.6) is 0 Å². The number of carbonyl (C=O) groups excluding carboxylic acids is 1. The summed E-state index contributed by atoms with van der Waals surface area (Å²) in [7, 11) is 1.92. The van der Waals surface area contributed by atoms with E-state index in [1.165, 1.54) is 12.1 Å². The van der Waals surface area contributed by atoms with Crippen LogP contribution in [0.15, 0.2) is 18.2 Å². The number of aliphatic carboxylic acids is 1. The molecule has 1 aromatic carbocycles. The zero-order chi connectivity index (χ0) is 13.3. The maximum atomic E-state index is 11.4. The molecule has 0 saturated carbocycles. The third kappa shape index (κ3) is 1.99. The number of carboxylic acid groups (broad SMARTS) is 1. The summed E-state index contributed by atoms with van der Waals surface area (Å²) in [6.07, 6.45) is 1.84. The third-order valence-corrected chi connectivity index (χ3v) is 2.90. The van der Waals surface area contributed by atoms with Crippen LogP contribution in [0.3, 0.4) is 0 Å². The fourth-order valence-electron chi connectivity index (χ4n) is 1.96. The van der Waals surface area contributed by atoms with E-state index >= 15 is 0 Å². The predicted molar refractivity (Wildman–Crippen MR) is 66.7 cm³/mol. The minimum atomic E-state index is -1.45. The maximum absolute atomic E-state index is 11.4. The van der Waals surface area contributed by atoms with E-state index in [2.05, 4.69) is 11.9 Å². The molecule has 1 aromatic heterocycles. The van der Waals surface area contributed by atoms with Crippen molar-refractivity contribution in [1.29, 1.82) is 0 Å². The van der Waals surface area contributed by atoms with Crippen molar-refractivity contribution >= 4 is 22.8 Å². The number of carboxylic acids is 1. The second kappa shape index (κ2) is 4.60. The molecule has 0 aliphatic carbocycles. The van der Waals surface area contributed by atoms with Gasteiger partial charge < -0.3 is 9.67 Å². The van der Waals surface area contributed by atoms with Gasteiger partial charge in [0.1, 0.15) is 5.82 Å². The summed E-state index contributed by atoms with van der Waals surface area (Å²) < 4.78 is 1.97. The minimum absolute atomic E-state index is 0.163. The number of aromatic nitrogens is 2. The van der Waals surface area contributed by atoms with Gasteiger partial charge in [-0.1, -0.05) is 6.92 Å². The topological polar surface area (TPSA) is 72.2 Å². The first kappa shape index (κ1) is 12.3. The van der Waals surface area contributed by atoms with Crippen molar-refractivity contribution in [1.82, 2.24) is 9.55 Å². The van der Waals surface area contributed by atoms with Gasteiger partial charge in [-0.15, -0.1) is 0 Å². The van der Waals surface area contributed by atoms with Crippen molar-refractivity contribution in [2.45, 2.75) is 19.8 Å². The lowest BCUT2D eigenvalue weighted by Crippen LogP contribution is -2.12. The van der Waals surface area contributed by atoms with E-state index in [0.717, 1.165) is 24.2 Å². The summed E-state index contributed by atoms with van der Waals surface area (Å²) in [5.41, 5.74) is 1.73. The molecule has 0 amide bonds. The molecular weight excluding hydrogens is 232 g/mol. The van der Waals surface area contributed by atoms with Crippen LogP contribution in [0.1, 0.15) is 29.5 Å². The number of fused-ring (bicyclic) bond motifs is 1. The molecule has 0 spiro atoms. The SMILES string of the molecule is CCCc1nc2cc(C(=O)C(=O)O)ccc2n1C. The summed E-state index contributed by atoms with van der Waals surface area (Å²) >= 11 is 0. The first-order valence-corrected chi connectivity index (χ1v) is 5.77. The number of aryl methyl sites for hydroxylation is 2. The lowest BCUT2D eigenvalue weighted by Gasteiger charge is -2.00. The highest BCUT2D eigenvalue weighted by molar-refractivity contribution is 6.40. The Hall–Kier alpha value is -2.17. The van der Waals surface area contributed by atoms with Crippen LogP contribution >= 0.6 is 0 Å².